The van der Waals surface area contributed by atoms with Crippen LogP contribution in [0.3, 0.4) is 0 Å². The third-order valence-corrected chi connectivity index (χ3v) is 9.21. The molecule has 2 aliphatic heterocycles. The molecule has 3 N–H and O–H groups in total. The van der Waals surface area contributed by atoms with E-state index in [0.717, 1.165) is 16.9 Å². The van der Waals surface area contributed by atoms with Crippen LogP contribution in [0.2, 0.25) is 0 Å². The largest absolute Gasteiger partial charge is 0.454 e. The van der Waals surface area contributed by atoms with Crippen molar-refractivity contribution in [2.45, 2.75) is 45.3 Å². The Morgan fingerprint density at radius 3 is 2.78 bits per heavy atom. The lowest BCUT2D eigenvalue weighted by Gasteiger charge is -2.31. The number of hydrogen-bond donors (Lipinski definition) is 2. The van der Waals surface area contributed by atoms with Crippen LogP contribution in [0.4, 0.5) is 5.69 Å². The lowest BCUT2D eigenvalue weighted by atomic mass is 9.98. The quantitative estimate of drug-likeness (QED) is 0.280. The molecule has 1 aromatic carbocycles. The highest BCUT2D eigenvalue weighted by atomic mass is 32.7. The van der Waals surface area contributed by atoms with Gasteiger partial charge in [-0.2, -0.15) is 0 Å². The fourth-order valence-corrected chi connectivity index (χ4v) is 6.82. The van der Waals surface area contributed by atoms with Crippen LogP contribution in [0.15, 0.2) is 42.6 Å². The molecule has 0 radical (unpaired) electrons. The molecule has 0 spiro atoms. The van der Waals surface area contributed by atoms with Crippen molar-refractivity contribution in [2.75, 3.05) is 18.3 Å². The Labute approximate surface area is 211 Å². The molecule has 192 valence electrons. The molecule has 3 unspecified atom stereocenters. The number of hydrogen-bond acceptors (Lipinski definition) is 11. The summed E-state index contributed by atoms with van der Waals surface area (Å²) in [6.45, 7) is 1.37. The second-order valence-corrected chi connectivity index (χ2v) is 13.5. The van der Waals surface area contributed by atoms with Gasteiger partial charge in [-0.15, -0.1) is 0 Å². The van der Waals surface area contributed by atoms with Gasteiger partial charge in [-0.1, -0.05) is 30.3 Å². The molecule has 0 aliphatic carbocycles. The van der Waals surface area contributed by atoms with E-state index >= 15 is 0 Å². The zero-order valence-corrected chi connectivity index (χ0v) is 21.6. The lowest BCUT2D eigenvalue weighted by Crippen LogP contribution is -2.39. The summed E-state index contributed by atoms with van der Waals surface area (Å²) in [6.07, 6.45) is -2.24. The van der Waals surface area contributed by atoms with Crippen LogP contribution in [-0.2, 0) is 27.9 Å². The van der Waals surface area contributed by atoms with E-state index in [0.29, 0.717) is 22.7 Å². The number of nitrogens with zero attached hydrogens (tertiary/aromatic N) is 3. The number of imidazole rings is 1. The minimum Gasteiger partial charge on any atom is -0.454 e. The Morgan fingerprint density at radius 2 is 2.06 bits per heavy atom. The van der Waals surface area contributed by atoms with Crippen LogP contribution >= 0.6 is 18.2 Å². The van der Waals surface area contributed by atoms with Crippen LogP contribution in [0, 0.1) is 5.41 Å². The number of pyridine rings is 1. The first-order valence-electron chi connectivity index (χ1n) is 11.3. The van der Waals surface area contributed by atoms with E-state index in [2.05, 4.69) is 9.97 Å². The van der Waals surface area contributed by atoms with Crippen molar-refractivity contribution in [1.82, 2.24) is 14.5 Å². The summed E-state index contributed by atoms with van der Waals surface area (Å²) in [4.78, 5) is 21.1. The predicted molar refractivity (Wildman–Crippen MR) is 134 cm³/mol. The highest BCUT2D eigenvalue weighted by molar-refractivity contribution is 8.55. The molecular weight excluding hydrogens is 507 g/mol. The van der Waals surface area contributed by atoms with Gasteiger partial charge in [0.15, 0.2) is 11.9 Å². The number of nitrogens with two attached hydrogens (primary N) is 1. The van der Waals surface area contributed by atoms with Gasteiger partial charge in [0.2, 0.25) is 0 Å². The average molecular weight is 535 g/mol. The summed E-state index contributed by atoms with van der Waals surface area (Å²) in [6, 6.07) is 11.0. The summed E-state index contributed by atoms with van der Waals surface area (Å²) in [7, 11) is 0. The Morgan fingerprint density at radius 1 is 1.31 bits per heavy atom. The van der Waals surface area contributed by atoms with Gasteiger partial charge in [0.25, 0.3) is 0 Å². The van der Waals surface area contributed by atoms with Crippen LogP contribution in [0.25, 0.3) is 22.6 Å². The lowest BCUT2D eigenvalue weighted by molar-refractivity contribution is -0.150. The van der Waals surface area contributed by atoms with Gasteiger partial charge in [-0.3, -0.25) is 18.4 Å². The molecule has 2 saturated heterocycles. The monoisotopic (exact) mass is 534 g/mol. The van der Waals surface area contributed by atoms with E-state index in [9.17, 15) is 14.5 Å². The molecule has 13 heteroatoms. The highest BCUT2D eigenvalue weighted by Gasteiger charge is 2.53. The molecule has 0 amide bonds. The molecule has 2 aliphatic rings. The number of benzene rings is 1. The number of anilines is 1. The molecule has 11 nitrogen and oxygen atoms in total. The van der Waals surface area contributed by atoms with Gasteiger partial charge in [-0.05, 0) is 26.8 Å². The van der Waals surface area contributed by atoms with Crippen molar-refractivity contribution in [3.63, 3.8) is 0 Å². The second kappa shape index (κ2) is 9.44. The number of aromatic nitrogens is 3. The van der Waals surface area contributed by atoms with Gasteiger partial charge in [0.05, 0.1) is 17.7 Å². The molecule has 36 heavy (non-hydrogen) atoms. The SMILES string of the molecule is CC(C)(C)C(=O)OCSP1(=O)OC[C@H]2O[C@@H](n3c(-c4ccccc4)nc4c(N)ccnc43)C(O)C2O1. The topological polar surface area (TPSA) is 148 Å². The second-order valence-electron chi connectivity index (χ2n) is 9.54. The van der Waals surface area contributed by atoms with E-state index < -0.39 is 42.7 Å². The van der Waals surface area contributed by atoms with Crippen molar-refractivity contribution < 1.29 is 33.0 Å². The number of nitrogen functional groups attached to an aromatic ring is 1. The van der Waals surface area contributed by atoms with E-state index in [1.54, 1.807) is 37.6 Å². The maximum atomic E-state index is 13.2. The first-order valence-corrected chi connectivity index (χ1v) is 14.5. The first-order chi connectivity index (χ1) is 17.1. The van der Waals surface area contributed by atoms with E-state index in [-0.39, 0.29) is 12.5 Å². The number of ether oxygens (including phenoxy) is 2. The first kappa shape index (κ1) is 25.2. The number of fused-ring (bicyclic) bond motifs is 2. The van der Waals surface area contributed by atoms with E-state index in [1.165, 1.54) is 0 Å². The molecule has 2 fully saturated rings. The van der Waals surface area contributed by atoms with Crippen LogP contribution in [0.5, 0.6) is 0 Å². The van der Waals surface area contributed by atoms with Gasteiger partial charge >= 0.3 is 12.8 Å². The van der Waals surface area contributed by atoms with E-state index in [1.807, 2.05) is 30.3 Å². The molecular formula is C23H27N4O7PS. The summed E-state index contributed by atoms with van der Waals surface area (Å²) in [5.74, 6) is -0.141. The third kappa shape index (κ3) is 4.65. The number of aliphatic hydroxyl groups excluding tert-OH is 1. The average Bonchev–Trinajstić information content (AvgIpc) is 3.37. The predicted octanol–water partition coefficient (Wildman–Crippen LogP) is 3.74. The molecule has 4 heterocycles. The van der Waals surface area contributed by atoms with Crippen molar-refractivity contribution >= 4 is 41.0 Å². The van der Waals surface area contributed by atoms with E-state index in [4.69, 9.17) is 24.3 Å². The molecule has 5 atom stereocenters. The number of rotatable bonds is 5. The maximum Gasteiger partial charge on any atom is 0.392 e. The number of aliphatic hydroxyl groups is 1. The van der Waals surface area contributed by atoms with Crippen molar-refractivity contribution in [3.8, 4) is 11.4 Å². The zero-order valence-electron chi connectivity index (χ0n) is 19.9. The highest BCUT2D eigenvalue weighted by Crippen LogP contribution is 2.65. The van der Waals surface area contributed by atoms with Crippen molar-refractivity contribution in [1.29, 1.82) is 0 Å². The van der Waals surface area contributed by atoms with Crippen LogP contribution in [0.1, 0.15) is 27.0 Å². The fourth-order valence-electron chi connectivity index (χ4n) is 4.01. The maximum absolute atomic E-state index is 13.2. The Kier molecular flexibility index (Phi) is 6.61. The van der Waals surface area contributed by atoms with Crippen molar-refractivity contribution in [2.24, 2.45) is 5.41 Å². The summed E-state index contributed by atoms with van der Waals surface area (Å²) >= 11 is 0.752. The minimum atomic E-state index is -3.72. The molecule has 5 rings (SSSR count). The van der Waals surface area contributed by atoms with Gasteiger partial charge in [-0.25, -0.2) is 14.5 Å². The summed E-state index contributed by atoms with van der Waals surface area (Å²) < 4.78 is 37.4. The normalized spacial score (nSPS) is 28.2. The standard InChI is InChI=1S/C23H27N4O7PS/c1-23(2,3)22(29)31-12-36-35(30)32-11-15-18(34-35)17(28)21(33-15)27-19(13-7-5-4-6-8-13)26-16-14(24)9-10-25-20(16)27/h4-10,15,17-18,21,28H,11-12H2,1-3H3,(H2,24,25)/t15-,17?,18?,21-,35?/m1/s1. The molecule has 0 bridgehead atoms. The molecule has 0 saturated carbocycles. The van der Waals surface area contributed by atoms with Gasteiger partial charge < -0.3 is 20.3 Å². The van der Waals surface area contributed by atoms with Crippen LogP contribution < -0.4 is 5.73 Å². The Hall–Kier alpha value is -2.47. The molecule has 2 aromatic heterocycles. The van der Waals surface area contributed by atoms with Gasteiger partial charge in [0.1, 0.15) is 35.6 Å². The number of carbonyl (C=O) groups is 1. The third-order valence-electron chi connectivity index (χ3n) is 5.87. The molecule has 3 aromatic rings. The summed E-state index contributed by atoms with van der Waals surface area (Å²) in [5, 5.41) is 11.3. The van der Waals surface area contributed by atoms with Crippen LogP contribution in [-0.4, -0.2) is 56.5 Å². The minimum absolute atomic E-state index is 0.0708. The zero-order chi connectivity index (χ0) is 25.7. The number of carbonyl (C=O) groups excluding carboxylic acids is 1. The van der Waals surface area contributed by atoms with Crippen molar-refractivity contribution in [3.05, 3.63) is 42.6 Å². The Bertz CT molecular complexity index is 1330. The Balaban J connectivity index is 1.41. The number of esters is 1. The fraction of sp³-hybridized carbons (Fsp3) is 0.435. The summed E-state index contributed by atoms with van der Waals surface area (Å²) in [5.41, 5.74) is 7.58. The van der Waals surface area contributed by atoms with Gasteiger partial charge in [0, 0.05) is 23.1 Å². The smallest absolute Gasteiger partial charge is 0.392 e.